The van der Waals surface area contributed by atoms with E-state index in [0.717, 1.165) is 111 Å². The Kier molecular flexibility index (Phi) is 72.1. The Morgan fingerprint density at radius 2 is 0.546 bits per heavy atom. The molecule has 0 aromatic heterocycles. The molecule has 0 saturated heterocycles. The van der Waals surface area contributed by atoms with Gasteiger partial charge in [0.25, 0.3) is 0 Å². The van der Waals surface area contributed by atoms with Crippen molar-refractivity contribution in [2.24, 2.45) is 0 Å². The van der Waals surface area contributed by atoms with E-state index in [1.54, 1.807) is 0 Å². The third kappa shape index (κ3) is 46.8. The molecule has 2 saturated carbocycles. The molecule has 0 N–H and O–H groups in total. The first-order chi connectivity index (χ1) is 49.4. The number of thiol groups is 10. The fourth-order valence-corrected chi connectivity index (χ4v) is 27.3. The first-order valence-corrected chi connectivity index (χ1v) is 52.5. The van der Waals surface area contributed by atoms with E-state index in [2.05, 4.69) is 360 Å². The van der Waals surface area contributed by atoms with Crippen LogP contribution in [-0.2, 0) is 69.0 Å². The molecule has 8 rings (SSSR count). The van der Waals surface area contributed by atoms with E-state index < -0.39 is 0 Å². The lowest BCUT2D eigenvalue weighted by Crippen LogP contribution is -2.25. The molecule has 0 nitrogen and oxygen atoms in total. The van der Waals surface area contributed by atoms with Gasteiger partial charge in [0.1, 0.15) is 0 Å². The molecule has 2 aliphatic carbocycles. The van der Waals surface area contributed by atoms with Crippen molar-refractivity contribution in [3.63, 3.8) is 0 Å². The van der Waals surface area contributed by atoms with Crippen LogP contribution in [0.25, 0.3) is 0 Å². The lowest BCUT2D eigenvalue weighted by molar-refractivity contribution is 0.490. The van der Waals surface area contributed by atoms with Crippen LogP contribution in [0.5, 0.6) is 0 Å². The van der Waals surface area contributed by atoms with E-state index >= 15 is 0 Å². The van der Waals surface area contributed by atoms with Crippen LogP contribution in [0.15, 0.2) is 146 Å². The summed E-state index contributed by atoms with van der Waals surface area (Å²) in [6.07, 6.45) is 20.2. The summed E-state index contributed by atoms with van der Waals surface area (Å²) in [5.74, 6) is 20.2. The van der Waals surface area contributed by atoms with Crippen molar-refractivity contribution in [3.8, 4) is 0 Å². The molecule has 0 aliphatic heterocycles. The zero-order valence-corrected chi connectivity index (χ0v) is 78.8. The van der Waals surface area contributed by atoms with E-state index in [0.29, 0.717) is 8.16 Å². The van der Waals surface area contributed by atoms with Gasteiger partial charge in [0.05, 0.1) is 20.4 Å². The molecule has 0 amide bonds. The lowest BCUT2D eigenvalue weighted by atomic mass is 10.00. The minimum atomic E-state index is 0. The summed E-state index contributed by atoms with van der Waals surface area (Å²) in [4.78, 5) is 0. The standard InChI is InChI=1S/3C20H26S4.C12H24S4.C10H20S4.6CH4/c1-3-20(2,23-14-18-8-4-16(12-21)5-9-18)24-15-19-10-6-17(13-22)7-11-19;1-3-20(2,23-14-18-8-4-6-16(10-18)12-21)24-15-19-9-5-7-17(11-19)13-22;1-3-20(2,23-14-18-10-6-4-8-16(18)12-21)24-15-19-11-7-5-9-17(19)13-22;13-8-4-10-15-12(16-11-5-9-14)6-2-1-3-7-12;11-6-8-13-10(14-9-7-12)4-2-1-3-5-10;;;;;;/h3*4-11,21-22H,3,12-15H2,1-2H3;13-14H,1-11H2;11-12H,1-9H2;6*1H4. The largest absolute Gasteiger partial charge is 0.179 e. The van der Waals surface area contributed by atoms with Gasteiger partial charge in [0.15, 0.2) is 0 Å². The summed E-state index contributed by atoms with van der Waals surface area (Å²) in [6.45, 7) is 14.0. The van der Waals surface area contributed by atoms with Gasteiger partial charge >= 0.3 is 0 Å². The smallest absolute Gasteiger partial charge is 0.0611 e. The topological polar surface area (TPSA) is 0 Å². The molecule has 20 heteroatoms. The normalized spacial score (nSPS) is 13.4. The highest BCUT2D eigenvalue weighted by Gasteiger charge is 2.34. The Labute approximate surface area is 765 Å². The summed E-state index contributed by atoms with van der Waals surface area (Å²) >= 11 is 64.5. The van der Waals surface area contributed by atoms with Gasteiger partial charge in [-0.2, -0.15) is 126 Å². The van der Waals surface area contributed by atoms with Crippen LogP contribution >= 0.6 is 244 Å². The maximum atomic E-state index is 4.46. The first-order valence-electron chi connectivity index (χ1n) is 36.4. The Morgan fingerprint density at radius 1 is 0.278 bits per heavy atom. The van der Waals surface area contributed by atoms with Crippen LogP contribution in [0.4, 0.5) is 0 Å². The minimum Gasteiger partial charge on any atom is -0.179 e. The SMILES string of the molecule is C.C.C.C.C.C.CCC(C)(SCc1ccc(CS)cc1)SCc1ccc(CS)cc1.CCC(C)(SCc1cccc(CS)c1)SCc1cccc(CS)c1.CCC(C)(SCc1ccccc1CS)SCc1ccccc1CS.SCCCSC1(SCCCS)CCCCC1.SCCSC1(SCCS)CCCCC1. The number of benzene rings is 6. The molecule has 618 valence electrons. The van der Waals surface area contributed by atoms with Crippen LogP contribution in [0.1, 0.15) is 249 Å². The Balaban J connectivity index is -0.00000128. The maximum Gasteiger partial charge on any atom is 0.0611 e. The van der Waals surface area contributed by atoms with Crippen LogP contribution in [0, 0.1) is 0 Å². The van der Waals surface area contributed by atoms with Crippen molar-refractivity contribution >= 4 is 244 Å². The van der Waals surface area contributed by atoms with E-state index in [1.807, 2.05) is 70.6 Å². The molecule has 0 unspecified atom stereocenters. The Morgan fingerprint density at radius 3 is 0.824 bits per heavy atom. The summed E-state index contributed by atoms with van der Waals surface area (Å²) in [6, 6.07) is 52.5. The van der Waals surface area contributed by atoms with Gasteiger partial charge in [-0.25, -0.2) is 0 Å². The van der Waals surface area contributed by atoms with Crippen molar-refractivity contribution in [1.82, 2.24) is 0 Å². The van der Waals surface area contributed by atoms with Gasteiger partial charge in [0.2, 0.25) is 0 Å². The predicted octanol–water partition coefficient (Wildman–Crippen LogP) is 33.1. The Bertz CT molecular complexity index is 2900. The number of hydrogen-bond donors (Lipinski definition) is 10. The summed E-state index contributed by atoms with van der Waals surface area (Å²) in [7, 11) is 0. The molecule has 6 aromatic carbocycles. The lowest BCUT2D eigenvalue weighted by Gasteiger charge is -2.36. The first kappa shape index (κ1) is 114. The van der Waals surface area contributed by atoms with Gasteiger partial charge in [0, 0.05) is 80.5 Å². The van der Waals surface area contributed by atoms with Crippen molar-refractivity contribution in [3.05, 3.63) is 212 Å². The molecule has 0 heterocycles. The van der Waals surface area contributed by atoms with Gasteiger partial charge in [-0.15, -0.1) is 118 Å². The molecule has 2 aliphatic rings. The molecule has 0 spiro atoms. The zero-order chi connectivity index (χ0) is 74.2. The predicted molar refractivity (Wildman–Crippen MR) is 565 cm³/mol. The molecular weight excluding hydrogens is 1700 g/mol. The van der Waals surface area contributed by atoms with Gasteiger partial charge in [-0.1, -0.05) is 249 Å². The number of rotatable bonds is 41. The van der Waals surface area contributed by atoms with Gasteiger partial charge in [-0.3, -0.25) is 0 Å². The summed E-state index contributed by atoms with van der Waals surface area (Å²) in [5, 5.41) is 0. The fourth-order valence-electron chi connectivity index (χ4n) is 10.9. The molecule has 108 heavy (non-hydrogen) atoms. The zero-order valence-electron chi connectivity index (χ0n) is 61.7. The molecular formula is C88H146S20. The van der Waals surface area contributed by atoms with Crippen LogP contribution in [0.3, 0.4) is 0 Å². The minimum absolute atomic E-state index is 0. The average molecular weight is 1850 g/mol. The molecule has 0 radical (unpaired) electrons. The third-order valence-electron chi connectivity index (χ3n) is 18.0. The second kappa shape index (κ2) is 68.0. The highest BCUT2D eigenvalue weighted by atomic mass is 32.2. The maximum absolute atomic E-state index is 4.46. The van der Waals surface area contributed by atoms with Gasteiger partial charge in [-0.05, 0) is 180 Å². The molecule has 2 fully saturated rings. The second-order valence-electron chi connectivity index (χ2n) is 25.9. The van der Waals surface area contributed by atoms with Crippen LogP contribution < -0.4 is 0 Å². The van der Waals surface area contributed by atoms with E-state index in [9.17, 15) is 0 Å². The molecule has 6 aromatic rings. The monoisotopic (exact) mass is 1840 g/mol. The van der Waals surface area contributed by atoms with Crippen molar-refractivity contribution in [1.29, 1.82) is 0 Å². The van der Waals surface area contributed by atoms with E-state index in [4.69, 9.17) is 0 Å². The molecule has 0 atom stereocenters. The van der Waals surface area contributed by atoms with Crippen molar-refractivity contribution < 1.29 is 0 Å². The summed E-state index contributed by atoms with van der Waals surface area (Å²) in [5.41, 5.74) is 16.2. The van der Waals surface area contributed by atoms with E-state index in [1.165, 1.54) is 167 Å². The average Bonchev–Trinajstić information content (AvgIpc) is 0.896. The van der Waals surface area contributed by atoms with E-state index in [-0.39, 0.29) is 56.8 Å². The highest BCUT2D eigenvalue weighted by molar-refractivity contribution is 8.19. The Hall–Kier alpha value is 2.32. The van der Waals surface area contributed by atoms with Crippen LogP contribution in [-0.4, -0.2) is 66.4 Å². The van der Waals surface area contributed by atoms with Crippen molar-refractivity contribution in [2.75, 3.05) is 46.0 Å². The van der Waals surface area contributed by atoms with Gasteiger partial charge < -0.3 is 0 Å². The quantitative estimate of drug-likeness (QED) is 0.0102. The fraction of sp³-hybridized carbons (Fsp3) is 0.591. The third-order valence-corrected chi connectivity index (χ3v) is 39.1. The molecule has 0 bridgehead atoms. The highest BCUT2D eigenvalue weighted by Crippen LogP contribution is 2.51. The summed E-state index contributed by atoms with van der Waals surface area (Å²) < 4.78 is 1.75. The van der Waals surface area contributed by atoms with Crippen LogP contribution in [0.2, 0.25) is 0 Å². The van der Waals surface area contributed by atoms with Crippen molar-refractivity contribution in [2.45, 2.75) is 272 Å². The number of thioether (sulfide) groups is 10. The number of hydrogen-bond acceptors (Lipinski definition) is 20. The second-order valence-corrected chi connectivity index (χ2v) is 45.7.